The monoisotopic (exact) mass is 342 g/mol. The zero-order chi connectivity index (χ0) is 15.9. The van der Waals surface area contributed by atoms with Gasteiger partial charge in [-0.2, -0.15) is 0 Å². The highest BCUT2D eigenvalue weighted by Gasteiger charge is 2.25. The van der Waals surface area contributed by atoms with Crippen LogP contribution in [-0.2, 0) is 11.2 Å². The first kappa shape index (κ1) is 19.6. The van der Waals surface area contributed by atoms with Gasteiger partial charge in [-0.3, -0.25) is 4.79 Å². The summed E-state index contributed by atoms with van der Waals surface area (Å²) < 4.78 is 10.5. The van der Waals surface area contributed by atoms with Gasteiger partial charge >= 0.3 is 0 Å². The SMILES string of the molecule is CCCN(C(=O)Cc1ccc(OC)c(OC)c1)C1CCNC1.Cl. The molecule has 1 heterocycles. The number of carbonyl (C=O) groups is 1. The Hall–Kier alpha value is -1.46. The number of methoxy groups -OCH3 is 2. The Labute approximate surface area is 144 Å². The third kappa shape index (κ3) is 5.01. The number of benzene rings is 1. The van der Waals surface area contributed by atoms with Crippen LogP contribution < -0.4 is 14.8 Å². The van der Waals surface area contributed by atoms with E-state index in [-0.39, 0.29) is 18.3 Å². The number of amides is 1. The lowest BCUT2D eigenvalue weighted by molar-refractivity contribution is -0.132. The average Bonchev–Trinajstić information content (AvgIpc) is 3.06. The van der Waals surface area contributed by atoms with Crippen LogP contribution >= 0.6 is 12.4 Å². The van der Waals surface area contributed by atoms with Crippen LogP contribution in [0.5, 0.6) is 11.5 Å². The highest BCUT2D eigenvalue weighted by atomic mass is 35.5. The molecule has 1 amide bonds. The van der Waals surface area contributed by atoms with Gasteiger partial charge in [-0.15, -0.1) is 12.4 Å². The van der Waals surface area contributed by atoms with Crippen molar-refractivity contribution in [2.45, 2.75) is 32.2 Å². The zero-order valence-electron chi connectivity index (χ0n) is 14.1. The molecule has 6 heteroatoms. The lowest BCUT2D eigenvalue weighted by atomic mass is 10.1. The van der Waals surface area contributed by atoms with E-state index in [0.717, 1.165) is 38.0 Å². The number of hydrogen-bond donors (Lipinski definition) is 1. The van der Waals surface area contributed by atoms with Crippen LogP contribution in [0.1, 0.15) is 25.3 Å². The molecule has 23 heavy (non-hydrogen) atoms. The van der Waals surface area contributed by atoms with Gasteiger partial charge in [0.05, 0.1) is 20.6 Å². The maximum atomic E-state index is 12.7. The summed E-state index contributed by atoms with van der Waals surface area (Å²) in [4.78, 5) is 14.7. The molecule has 0 spiro atoms. The molecule has 1 aromatic rings. The van der Waals surface area contributed by atoms with Crippen LogP contribution in [0.15, 0.2) is 18.2 Å². The average molecular weight is 343 g/mol. The molecular formula is C17H27ClN2O3. The second-order valence-corrected chi connectivity index (χ2v) is 5.60. The molecule has 0 aliphatic carbocycles. The van der Waals surface area contributed by atoms with Crippen LogP contribution in [-0.4, -0.2) is 50.7 Å². The Morgan fingerprint density at radius 1 is 1.30 bits per heavy atom. The minimum atomic E-state index is 0. The van der Waals surface area contributed by atoms with E-state index in [0.29, 0.717) is 24.0 Å². The van der Waals surface area contributed by atoms with Gasteiger partial charge in [0.1, 0.15) is 0 Å². The fourth-order valence-corrected chi connectivity index (χ4v) is 2.92. The fourth-order valence-electron chi connectivity index (χ4n) is 2.92. The summed E-state index contributed by atoms with van der Waals surface area (Å²) in [6.45, 7) is 4.82. The molecule has 1 atom stereocenters. The molecule has 0 radical (unpaired) electrons. The number of halogens is 1. The molecule has 5 nitrogen and oxygen atoms in total. The van der Waals surface area contributed by atoms with Gasteiger partial charge in [-0.05, 0) is 37.1 Å². The predicted octanol–water partition coefficient (Wildman–Crippen LogP) is 2.27. The fraction of sp³-hybridized carbons (Fsp3) is 0.588. The van der Waals surface area contributed by atoms with Crippen LogP contribution in [0.25, 0.3) is 0 Å². The zero-order valence-corrected chi connectivity index (χ0v) is 14.9. The van der Waals surface area contributed by atoms with Crippen molar-refractivity contribution in [3.63, 3.8) is 0 Å². The lowest BCUT2D eigenvalue weighted by Crippen LogP contribution is -2.42. The third-order valence-electron chi connectivity index (χ3n) is 4.06. The summed E-state index contributed by atoms with van der Waals surface area (Å²) in [5.41, 5.74) is 0.953. The van der Waals surface area contributed by atoms with Gasteiger partial charge in [-0.1, -0.05) is 13.0 Å². The molecule has 1 aliphatic rings. The lowest BCUT2D eigenvalue weighted by Gasteiger charge is -2.28. The second-order valence-electron chi connectivity index (χ2n) is 5.60. The predicted molar refractivity (Wildman–Crippen MR) is 93.8 cm³/mol. The molecule has 130 valence electrons. The Balaban J connectivity index is 0.00000264. The van der Waals surface area contributed by atoms with Crippen molar-refractivity contribution in [1.82, 2.24) is 10.2 Å². The normalized spacial score (nSPS) is 16.6. The first-order valence-corrected chi connectivity index (χ1v) is 7.90. The van der Waals surface area contributed by atoms with Gasteiger partial charge in [0.2, 0.25) is 5.91 Å². The van der Waals surface area contributed by atoms with Crippen molar-refractivity contribution in [1.29, 1.82) is 0 Å². The van der Waals surface area contributed by atoms with Crippen LogP contribution in [0.4, 0.5) is 0 Å². The van der Waals surface area contributed by atoms with Crippen LogP contribution in [0.3, 0.4) is 0 Å². The van der Waals surface area contributed by atoms with E-state index in [1.165, 1.54) is 0 Å². The molecule has 1 aliphatic heterocycles. The van der Waals surface area contributed by atoms with Crippen molar-refractivity contribution in [3.8, 4) is 11.5 Å². The number of carbonyl (C=O) groups excluding carboxylic acids is 1. The van der Waals surface area contributed by atoms with E-state index in [2.05, 4.69) is 12.2 Å². The molecule has 2 rings (SSSR count). The van der Waals surface area contributed by atoms with Crippen molar-refractivity contribution < 1.29 is 14.3 Å². The van der Waals surface area contributed by atoms with E-state index in [1.807, 2.05) is 23.1 Å². The topological polar surface area (TPSA) is 50.8 Å². The van der Waals surface area contributed by atoms with E-state index in [1.54, 1.807) is 14.2 Å². The van der Waals surface area contributed by atoms with Crippen molar-refractivity contribution in [2.24, 2.45) is 0 Å². The minimum absolute atomic E-state index is 0. The van der Waals surface area contributed by atoms with Crippen molar-refractivity contribution in [3.05, 3.63) is 23.8 Å². The largest absolute Gasteiger partial charge is 0.493 e. The highest BCUT2D eigenvalue weighted by molar-refractivity contribution is 5.85. The van der Waals surface area contributed by atoms with Gasteiger partial charge < -0.3 is 19.7 Å². The van der Waals surface area contributed by atoms with Gasteiger partial charge in [-0.25, -0.2) is 0 Å². The summed E-state index contributed by atoms with van der Waals surface area (Å²) in [6, 6.07) is 5.99. The molecule has 0 bridgehead atoms. The number of nitrogens with zero attached hydrogens (tertiary/aromatic N) is 1. The first-order valence-electron chi connectivity index (χ1n) is 7.90. The molecule has 1 N–H and O–H groups in total. The van der Waals surface area contributed by atoms with Crippen LogP contribution in [0, 0.1) is 0 Å². The summed E-state index contributed by atoms with van der Waals surface area (Å²) in [7, 11) is 3.22. The minimum Gasteiger partial charge on any atom is -0.493 e. The highest BCUT2D eigenvalue weighted by Crippen LogP contribution is 2.28. The van der Waals surface area contributed by atoms with E-state index in [4.69, 9.17) is 9.47 Å². The Kier molecular flexibility index (Phi) is 8.20. The Morgan fingerprint density at radius 2 is 2.04 bits per heavy atom. The quantitative estimate of drug-likeness (QED) is 0.826. The summed E-state index contributed by atoms with van der Waals surface area (Å²) >= 11 is 0. The van der Waals surface area contributed by atoms with Gasteiger partial charge in [0, 0.05) is 19.1 Å². The number of ether oxygens (including phenoxy) is 2. The van der Waals surface area contributed by atoms with Crippen molar-refractivity contribution >= 4 is 18.3 Å². The maximum Gasteiger partial charge on any atom is 0.227 e. The number of rotatable bonds is 7. The Bertz CT molecular complexity index is 505. The van der Waals surface area contributed by atoms with Crippen molar-refractivity contribution in [2.75, 3.05) is 33.9 Å². The summed E-state index contributed by atoms with van der Waals surface area (Å²) in [5.74, 6) is 1.53. The van der Waals surface area contributed by atoms with Gasteiger partial charge in [0.25, 0.3) is 0 Å². The molecule has 0 saturated carbocycles. The third-order valence-corrected chi connectivity index (χ3v) is 4.06. The number of hydrogen-bond acceptors (Lipinski definition) is 4. The number of nitrogens with one attached hydrogen (secondary N) is 1. The maximum absolute atomic E-state index is 12.7. The van der Waals surface area contributed by atoms with Gasteiger partial charge in [0.15, 0.2) is 11.5 Å². The summed E-state index contributed by atoms with van der Waals surface area (Å²) in [6.07, 6.45) is 2.42. The van der Waals surface area contributed by atoms with E-state index >= 15 is 0 Å². The van der Waals surface area contributed by atoms with Crippen LogP contribution in [0.2, 0.25) is 0 Å². The molecule has 1 fully saturated rings. The summed E-state index contributed by atoms with van der Waals surface area (Å²) in [5, 5.41) is 3.33. The molecule has 1 aromatic carbocycles. The van der Waals surface area contributed by atoms with E-state index < -0.39 is 0 Å². The smallest absolute Gasteiger partial charge is 0.227 e. The molecule has 1 unspecified atom stereocenters. The van der Waals surface area contributed by atoms with E-state index in [9.17, 15) is 4.79 Å². The Morgan fingerprint density at radius 3 is 2.61 bits per heavy atom. The molecule has 1 saturated heterocycles. The standard InChI is InChI=1S/C17H26N2O3.ClH/c1-4-9-19(14-7-8-18-12-14)17(20)11-13-5-6-15(21-2)16(10-13)22-3;/h5-6,10,14,18H,4,7-9,11-12H2,1-3H3;1H. The molecule has 0 aromatic heterocycles. The first-order chi connectivity index (χ1) is 10.7. The molecular weight excluding hydrogens is 316 g/mol. The second kappa shape index (κ2) is 9.63.